The maximum Gasteiger partial charge on any atom is 0.235 e. The second-order valence-electron chi connectivity index (χ2n) is 11.6. The summed E-state index contributed by atoms with van der Waals surface area (Å²) >= 11 is 0. The third-order valence-corrected chi connectivity index (χ3v) is 8.06. The van der Waals surface area contributed by atoms with Gasteiger partial charge in [-0.25, -0.2) is 0 Å². The van der Waals surface area contributed by atoms with Crippen molar-refractivity contribution in [2.24, 2.45) is 29.4 Å². The van der Waals surface area contributed by atoms with Crippen molar-refractivity contribution < 1.29 is 44.1 Å². The molecule has 7 atom stereocenters. The number of primary amides is 1. The summed E-state index contributed by atoms with van der Waals surface area (Å²) in [4.78, 5) is 77.2. The molecule has 11 heteroatoms. The lowest BCUT2D eigenvalue weighted by Crippen LogP contribution is -2.72. The molecule has 11 nitrogen and oxygen atoms in total. The number of Topliss-reactive ketones (excluding diaryl/α,β-unsaturated/α-hetero) is 4. The highest BCUT2D eigenvalue weighted by Crippen LogP contribution is 2.54. The van der Waals surface area contributed by atoms with Crippen molar-refractivity contribution in [1.29, 1.82) is 0 Å². The predicted octanol–water partition coefficient (Wildman–Crippen LogP) is -0.294. The standard InChI is InChI=1S/C27H32N2O9/c1-10-16-11(6-8-15(32)29-26(2,3)4)5-7-13(30)18(16)22(34)20-17(10)21(33)12-9-14(31)19(25(28)37)23(35)27(12,38)24(20)36/h5,7,10,12,17,19-21,30,33,38H,6,8-9H2,1-4H3,(H2,28,37)(H,29,32)/t10-,12+,17+,19?,20?,21+,27+/m0/s1. The first-order valence-corrected chi connectivity index (χ1v) is 12.5. The van der Waals surface area contributed by atoms with E-state index in [9.17, 15) is 44.1 Å². The number of phenols is 1. The molecular formula is C27H32N2O9. The number of hydrogen-bond acceptors (Lipinski definition) is 9. The molecule has 204 valence electrons. The number of aryl methyl sites for hydroxylation is 1. The molecule has 0 saturated heterocycles. The predicted molar refractivity (Wildman–Crippen MR) is 131 cm³/mol. The Balaban J connectivity index is 1.78. The molecule has 1 aromatic rings. The lowest BCUT2D eigenvalue weighted by Gasteiger charge is -2.53. The second-order valence-corrected chi connectivity index (χ2v) is 11.6. The van der Waals surface area contributed by atoms with Gasteiger partial charge in [0.05, 0.1) is 17.6 Å². The van der Waals surface area contributed by atoms with Gasteiger partial charge < -0.3 is 26.4 Å². The molecule has 3 aliphatic rings. The molecule has 0 aromatic heterocycles. The number of aromatic hydroxyl groups is 1. The molecule has 6 N–H and O–H groups in total. The zero-order valence-electron chi connectivity index (χ0n) is 21.6. The Bertz CT molecular complexity index is 1280. The number of ketones is 4. The summed E-state index contributed by atoms with van der Waals surface area (Å²) in [6.07, 6.45) is -2.02. The molecule has 1 aromatic carbocycles. The van der Waals surface area contributed by atoms with E-state index in [2.05, 4.69) is 5.32 Å². The fourth-order valence-electron chi connectivity index (χ4n) is 6.47. The van der Waals surface area contributed by atoms with Crippen LogP contribution in [0.25, 0.3) is 0 Å². The van der Waals surface area contributed by atoms with E-state index < -0.39 is 88.0 Å². The molecule has 2 amide bonds. The van der Waals surface area contributed by atoms with Crippen LogP contribution >= 0.6 is 0 Å². The Morgan fingerprint density at radius 2 is 1.76 bits per heavy atom. The van der Waals surface area contributed by atoms with Gasteiger partial charge in [0.15, 0.2) is 34.7 Å². The number of nitrogens with one attached hydrogen (secondary N) is 1. The third kappa shape index (κ3) is 4.04. The van der Waals surface area contributed by atoms with Crippen molar-refractivity contribution >= 4 is 34.9 Å². The Labute approximate surface area is 218 Å². The summed E-state index contributed by atoms with van der Waals surface area (Å²) in [5.74, 6) is -13.6. The number of amides is 2. The lowest BCUT2D eigenvalue weighted by atomic mass is 9.50. The molecule has 2 saturated carbocycles. The van der Waals surface area contributed by atoms with Crippen LogP contribution in [0.2, 0.25) is 0 Å². The summed E-state index contributed by atoms with van der Waals surface area (Å²) in [6.45, 7) is 7.15. The normalized spacial score (nSPS) is 32.8. The first-order valence-electron chi connectivity index (χ1n) is 12.5. The summed E-state index contributed by atoms with van der Waals surface area (Å²) < 4.78 is 0. The minimum atomic E-state index is -2.96. The number of phenolic OH excluding ortho intramolecular Hbond substituents is 1. The molecule has 0 aliphatic heterocycles. The van der Waals surface area contributed by atoms with Gasteiger partial charge in [-0.3, -0.25) is 28.8 Å². The van der Waals surface area contributed by atoms with Crippen LogP contribution in [0.1, 0.15) is 67.9 Å². The summed E-state index contributed by atoms with van der Waals surface area (Å²) in [7, 11) is 0. The number of carbonyl (C=O) groups is 6. The van der Waals surface area contributed by atoms with Crippen LogP contribution in [-0.2, 0) is 30.4 Å². The average Bonchev–Trinajstić information content (AvgIpc) is 2.79. The monoisotopic (exact) mass is 528 g/mol. The van der Waals surface area contributed by atoms with Crippen molar-refractivity contribution in [2.75, 3.05) is 0 Å². The number of aliphatic hydroxyl groups excluding tert-OH is 1. The van der Waals surface area contributed by atoms with E-state index in [0.717, 1.165) is 0 Å². The van der Waals surface area contributed by atoms with E-state index in [1.54, 1.807) is 13.0 Å². The Morgan fingerprint density at radius 3 is 2.34 bits per heavy atom. The van der Waals surface area contributed by atoms with Gasteiger partial charge in [0.1, 0.15) is 5.75 Å². The Morgan fingerprint density at radius 1 is 1.13 bits per heavy atom. The van der Waals surface area contributed by atoms with Gasteiger partial charge in [-0.05, 0) is 50.3 Å². The highest BCUT2D eigenvalue weighted by molar-refractivity contribution is 6.31. The fourth-order valence-corrected chi connectivity index (χ4v) is 6.47. The molecule has 4 rings (SSSR count). The maximum absolute atomic E-state index is 13.7. The first kappa shape index (κ1) is 27.6. The number of hydrogen-bond donors (Lipinski definition) is 5. The van der Waals surface area contributed by atoms with Gasteiger partial charge in [-0.2, -0.15) is 0 Å². The first-order chi connectivity index (χ1) is 17.5. The Hall–Kier alpha value is -3.44. The molecule has 0 bridgehead atoms. The zero-order chi connectivity index (χ0) is 28.5. The molecule has 0 heterocycles. The van der Waals surface area contributed by atoms with Crippen molar-refractivity contribution in [1.82, 2.24) is 5.32 Å². The Kier molecular flexibility index (Phi) is 6.60. The molecule has 3 aliphatic carbocycles. The van der Waals surface area contributed by atoms with Crippen molar-refractivity contribution in [3.63, 3.8) is 0 Å². The quantitative estimate of drug-likeness (QED) is 0.325. The molecule has 0 spiro atoms. The van der Waals surface area contributed by atoms with Crippen LogP contribution in [0.4, 0.5) is 0 Å². The molecule has 0 radical (unpaired) electrons. The van der Waals surface area contributed by atoms with Gasteiger partial charge in [0.25, 0.3) is 0 Å². The summed E-state index contributed by atoms with van der Waals surface area (Å²) in [6, 6.07) is 2.84. The highest BCUT2D eigenvalue weighted by atomic mass is 16.3. The molecule has 2 fully saturated rings. The van der Waals surface area contributed by atoms with E-state index in [4.69, 9.17) is 5.73 Å². The van der Waals surface area contributed by atoms with Crippen molar-refractivity contribution in [3.05, 3.63) is 28.8 Å². The van der Waals surface area contributed by atoms with Crippen LogP contribution < -0.4 is 11.1 Å². The van der Waals surface area contributed by atoms with Crippen LogP contribution in [0.3, 0.4) is 0 Å². The van der Waals surface area contributed by atoms with E-state index in [0.29, 0.717) is 11.1 Å². The zero-order valence-corrected chi connectivity index (χ0v) is 21.6. The SMILES string of the molecule is C[C@H]1c2c(CCC(=O)NC(C)(C)C)ccc(O)c2C(=O)C2C(=O)[C@]3(O)C(=O)C(C(N)=O)C(=O)C[C@@H]3[C@@H](O)[C@@H]21. The van der Waals surface area contributed by atoms with E-state index >= 15 is 0 Å². The minimum absolute atomic E-state index is 0.0743. The van der Waals surface area contributed by atoms with Crippen LogP contribution in [0.15, 0.2) is 12.1 Å². The number of aliphatic hydroxyl groups is 2. The summed E-state index contributed by atoms with van der Waals surface area (Å²) in [5, 5.41) is 36.1. The second kappa shape index (κ2) is 9.09. The number of fused-ring (bicyclic) bond motifs is 3. The van der Waals surface area contributed by atoms with Crippen LogP contribution in [0, 0.1) is 23.7 Å². The number of nitrogens with two attached hydrogens (primary N) is 1. The van der Waals surface area contributed by atoms with Crippen molar-refractivity contribution in [3.8, 4) is 5.75 Å². The van der Waals surface area contributed by atoms with Crippen LogP contribution in [0.5, 0.6) is 5.75 Å². The van der Waals surface area contributed by atoms with E-state index in [1.165, 1.54) is 6.07 Å². The van der Waals surface area contributed by atoms with Crippen LogP contribution in [-0.4, -0.2) is 67.5 Å². The van der Waals surface area contributed by atoms with Gasteiger partial charge in [-0.15, -0.1) is 0 Å². The fraction of sp³-hybridized carbons (Fsp3) is 0.556. The third-order valence-electron chi connectivity index (χ3n) is 8.06. The molecule has 38 heavy (non-hydrogen) atoms. The number of carbonyl (C=O) groups excluding carboxylic acids is 6. The van der Waals surface area contributed by atoms with Gasteiger partial charge >= 0.3 is 0 Å². The van der Waals surface area contributed by atoms with E-state index in [-0.39, 0.29) is 24.3 Å². The van der Waals surface area contributed by atoms with Gasteiger partial charge in [0.2, 0.25) is 11.8 Å². The highest BCUT2D eigenvalue weighted by Gasteiger charge is 2.70. The summed E-state index contributed by atoms with van der Waals surface area (Å²) in [5.41, 5.74) is 2.51. The van der Waals surface area contributed by atoms with Gasteiger partial charge in [-0.1, -0.05) is 13.0 Å². The molecular weight excluding hydrogens is 496 g/mol. The lowest BCUT2D eigenvalue weighted by molar-refractivity contribution is -0.189. The largest absolute Gasteiger partial charge is 0.507 e. The number of benzene rings is 1. The molecule has 2 unspecified atom stereocenters. The van der Waals surface area contributed by atoms with Crippen molar-refractivity contribution in [2.45, 2.75) is 70.1 Å². The smallest absolute Gasteiger partial charge is 0.235 e. The minimum Gasteiger partial charge on any atom is -0.507 e. The topological polar surface area (TPSA) is 201 Å². The van der Waals surface area contributed by atoms with E-state index in [1.807, 2.05) is 20.8 Å². The maximum atomic E-state index is 13.7. The number of rotatable bonds is 4. The average molecular weight is 529 g/mol. The van der Waals surface area contributed by atoms with Gasteiger partial charge in [0, 0.05) is 30.2 Å².